The molecular formula is C30H29F3N8O. The van der Waals surface area contributed by atoms with Crippen LogP contribution in [0.5, 0.6) is 0 Å². The first kappa shape index (κ1) is 27.6. The highest BCUT2D eigenvalue weighted by Gasteiger charge is 2.42. The van der Waals surface area contributed by atoms with Gasteiger partial charge in [0.25, 0.3) is 5.91 Å². The maximum Gasteiger partial charge on any atom is 0.433 e. The van der Waals surface area contributed by atoms with Crippen molar-refractivity contribution in [3.63, 3.8) is 0 Å². The highest BCUT2D eigenvalue weighted by atomic mass is 19.4. The van der Waals surface area contributed by atoms with Gasteiger partial charge in [0.2, 0.25) is 0 Å². The topological polar surface area (TPSA) is 101 Å². The quantitative estimate of drug-likeness (QED) is 0.326. The van der Waals surface area contributed by atoms with Crippen LogP contribution in [0.25, 0.3) is 11.2 Å². The van der Waals surface area contributed by atoms with Gasteiger partial charge in [-0.2, -0.15) is 13.2 Å². The lowest BCUT2D eigenvalue weighted by Crippen LogP contribution is -2.35. The largest absolute Gasteiger partial charge is 0.433 e. The molecular weight excluding hydrogens is 545 g/mol. The van der Waals surface area contributed by atoms with Crippen molar-refractivity contribution < 1.29 is 18.0 Å². The second-order valence-corrected chi connectivity index (χ2v) is 10.6. The van der Waals surface area contributed by atoms with Crippen LogP contribution in [0.3, 0.4) is 0 Å². The number of alkyl halides is 3. The molecule has 1 amide bonds. The highest BCUT2D eigenvalue weighted by molar-refractivity contribution is 6.27. The Morgan fingerprint density at radius 3 is 2.60 bits per heavy atom. The number of nitrogens with one attached hydrogen (secondary N) is 1. The number of fused-ring (bicyclic) bond motifs is 1. The highest BCUT2D eigenvalue weighted by Crippen LogP contribution is 2.35. The minimum atomic E-state index is -4.66. The Morgan fingerprint density at radius 1 is 1.05 bits per heavy atom. The number of hydrogen-bond acceptors (Lipinski definition) is 7. The fraction of sp³-hybridized carbons (Fsp3) is 0.333. The number of carbonyl (C=O) groups excluding carboxylic acids is 1. The van der Waals surface area contributed by atoms with Crippen LogP contribution < -0.4 is 5.32 Å². The van der Waals surface area contributed by atoms with Crippen LogP contribution in [-0.4, -0.2) is 66.2 Å². The lowest BCUT2D eigenvalue weighted by Gasteiger charge is -2.27. The molecule has 3 aromatic heterocycles. The Morgan fingerprint density at radius 2 is 1.86 bits per heavy atom. The molecule has 0 spiro atoms. The number of halogens is 3. The fourth-order valence-electron chi connectivity index (χ4n) is 5.46. The van der Waals surface area contributed by atoms with Gasteiger partial charge in [-0.15, -0.1) is 0 Å². The van der Waals surface area contributed by atoms with Gasteiger partial charge in [-0.25, -0.2) is 19.9 Å². The summed E-state index contributed by atoms with van der Waals surface area (Å²) in [6.45, 7) is 5.22. The van der Waals surface area contributed by atoms with E-state index in [-0.39, 0.29) is 23.6 Å². The predicted octanol–water partition coefficient (Wildman–Crippen LogP) is 5.52. The molecule has 1 saturated heterocycles. The monoisotopic (exact) mass is 574 g/mol. The Bertz CT molecular complexity index is 1720. The average molecular weight is 575 g/mol. The standard InChI is InChI=1S/C30H29F3N8O/c1-18-14-20(6-7-22(18)29(42)40-11-4-3-5-12-40)39-27-28-36-17-24(41(28)13-10-35-27)23-15-21(38-26(23)30(31,32)33)16-25-34-9-8-19(2)37-25/h6-10,13-15,17,21H,3-5,11-12,16H2,1-2H3,(H,35,39). The maximum absolute atomic E-state index is 14.1. The van der Waals surface area contributed by atoms with E-state index < -0.39 is 17.9 Å². The Labute approximate surface area is 240 Å². The van der Waals surface area contributed by atoms with Crippen molar-refractivity contribution in [2.75, 3.05) is 18.4 Å². The first-order valence-corrected chi connectivity index (χ1v) is 13.8. The molecule has 1 aromatic carbocycles. The number of amides is 1. The van der Waals surface area contributed by atoms with Gasteiger partial charge in [0, 0.05) is 60.6 Å². The first-order valence-electron chi connectivity index (χ1n) is 13.8. The zero-order chi connectivity index (χ0) is 29.4. The summed E-state index contributed by atoms with van der Waals surface area (Å²) < 4.78 is 43.9. The van der Waals surface area contributed by atoms with Crippen molar-refractivity contribution >= 4 is 34.3 Å². The summed E-state index contributed by atoms with van der Waals surface area (Å²) in [6.07, 6.45) is 6.20. The van der Waals surface area contributed by atoms with Gasteiger partial charge in [0.15, 0.2) is 11.5 Å². The van der Waals surface area contributed by atoms with E-state index in [0.717, 1.165) is 43.6 Å². The summed E-state index contributed by atoms with van der Waals surface area (Å²) in [5, 5.41) is 3.22. The van der Waals surface area contributed by atoms with E-state index in [1.54, 1.807) is 41.9 Å². The molecule has 1 atom stereocenters. The van der Waals surface area contributed by atoms with Gasteiger partial charge in [0.05, 0.1) is 17.9 Å². The number of rotatable bonds is 6. The summed E-state index contributed by atoms with van der Waals surface area (Å²) >= 11 is 0. The summed E-state index contributed by atoms with van der Waals surface area (Å²) in [4.78, 5) is 36.2. The molecule has 42 heavy (non-hydrogen) atoms. The number of aliphatic imine (C=N–C) groups is 1. The number of nitrogens with zero attached hydrogens (tertiary/aromatic N) is 7. The molecule has 6 rings (SSSR count). The Balaban J connectivity index is 1.28. The number of piperidine rings is 1. The van der Waals surface area contributed by atoms with E-state index in [9.17, 15) is 18.0 Å². The van der Waals surface area contributed by atoms with Crippen LogP contribution in [0.15, 0.2) is 60.1 Å². The smallest absolute Gasteiger partial charge is 0.339 e. The number of benzene rings is 1. The van der Waals surface area contributed by atoms with Crippen molar-refractivity contribution in [2.24, 2.45) is 4.99 Å². The lowest BCUT2D eigenvalue weighted by atomic mass is 10.0. The van der Waals surface area contributed by atoms with Gasteiger partial charge in [0.1, 0.15) is 11.5 Å². The zero-order valence-electron chi connectivity index (χ0n) is 23.2. The number of anilines is 2. The van der Waals surface area contributed by atoms with E-state index in [0.29, 0.717) is 28.5 Å². The van der Waals surface area contributed by atoms with Crippen LogP contribution >= 0.6 is 0 Å². The van der Waals surface area contributed by atoms with Gasteiger partial charge >= 0.3 is 6.18 Å². The van der Waals surface area contributed by atoms with Gasteiger partial charge in [-0.3, -0.25) is 14.2 Å². The molecule has 5 heterocycles. The van der Waals surface area contributed by atoms with Gasteiger partial charge in [-0.05, 0) is 69.0 Å². The number of carbonyl (C=O) groups is 1. The molecule has 2 aliphatic heterocycles. The zero-order valence-corrected chi connectivity index (χ0v) is 23.2. The van der Waals surface area contributed by atoms with Crippen LogP contribution in [0.4, 0.5) is 24.7 Å². The SMILES string of the molecule is Cc1ccnc(CC2C=C(c3cnc4c(Nc5ccc(C(=O)N6CCCCC6)c(C)c5)nccn34)C(C(F)(F)F)=N2)n1. The molecule has 0 bridgehead atoms. The van der Waals surface area contributed by atoms with Crippen LogP contribution in [0.1, 0.15) is 52.4 Å². The van der Waals surface area contributed by atoms with Crippen molar-refractivity contribution in [3.05, 3.63) is 83.5 Å². The number of hydrogen-bond donors (Lipinski definition) is 1. The summed E-state index contributed by atoms with van der Waals surface area (Å²) in [5.74, 6) is 0.818. The molecule has 9 nitrogen and oxygen atoms in total. The van der Waals surface area contributed by atoms with Crippen LogP contribution in [0, 0.1) is 13.8 Å². The molecule has 0 saturated carbocycles. The maximum atomic E-state index is 14.1. The second-order valence-electron chi connectivity index (χ2n) is 10.6. The number of aryl methyl sites for hydroxylation is 2. The molecule has 1 fully saturated rings. The summed E-state index contributed by atoms with van der Waals surface area (Å²) in [7, 11) is 0. The van der Waals surface area contributed by atoms with Gasteiger partial charge in [-0.1, -0.05) is 0 Å². The number of aromatic nitrogens is 5. The van der Waals surface area contributed by atoms with Crippen LogP contribution in [0.2, 0.25) is 0 Å². The van der Waals surface area contributed by atoms with Crippen molar-refractivity contribution in [2.45, 2.75) is 51.7 Å². The molecule has 4 aromatic rings. The fourth-order valence-corrected chi connectivity index (χ4v) is 5.46. The lowest BCUT2D eigenvalue weighted by molar-refractivity contribution is -0.0572. The number of likely N-dealkylation sites (tertiary alicyclic amines) is 1. The minimum Gasteiger partial charge on any atom is -0.339 e. The average Bonchev–Trinajstić information content (AvgIpc) is 3.58. The number of imidazole rings is 1. The minimum absolute atomic E-state index is 0.0242. The third-order valence-corrected chi connectivity index (χ3v) is 7.48. The third-order valence-electron chi connectivity index (χ3n) is 7.48. The molecule has 2 aliphatic rings. The van der Waals surface area contributed by atoms with Crippen molar-refractivity contribution in [1.29, 1.82) is 0 Å². The predicted molar refractivity (Wildman–Crippen MR) is 153 cm³/mol. The van der Waals surface area contributed by atoms with E-state index in [1.807, 2.05) is 17.9 Å². The summed E-state index contributed by atoms with van der Waals surface area (Å²) in [6, 6.07) is 6.41. The van der Waals surface area contributed by atoms with E-state index in [2.05, 4.69) is 30.2 Å². The van der Waals surface area contributed by atoms with Gasteiger partial charge < -0.3 is 10.2 Å². The first-order chi connectivity index (χ1) is 20.2. The number of allylic oxidation sites excluding steroid dienone is 1. The van der Waals surface area contributed by atoms with Crippen molar-refractivity contribution in [1.82, 2.24) is 29.2 Å². The Hall–Kier alpha value is -4.61. The summed E-state index contributed by atoms with van der Waals surface area (Å²) in [5.41, 5.74) is 2.47. The second kappa shape index (κ2) is 11.0. The molecule has 12 heteroatoms. The molecule has 216 valence electrons. The van der Waals surface area contributed by atoms with E-state index >= 15 is 0 Å². The van der Waals surface area contributed by atoms with Crippen LogP contribution in [-0.2, 0) is 6.42 Å². The molecule has 0 radical (unpaired) electrons. The van der Waals surface area contributed by atoms with E-state index in [4.69, 9.17) is 0 Å². The molecule has 0 aliphatic carbocycles. The molecule has 1 N–H and O–H groups in total. The molecule has 1 unspecified atom stereocenters. The van der Waals surface area contributed by atoms with E-state index in [1.165, 1.54) is 18.5 Å². The Kier molecular flexibility index (Phi) is 7.21. The van der Waals surface area contributed by atoms with Crippen molar-refractivity contribution in [3.8, 4) is 0 Å². The third kappa shape index (κ3) is 5.48. The normalized spacial score (nSPS) is 17.4.